The van der Waals surface area contributed by atoms with Gasteiger partial charge in [-0.1, -0.05) is 0 Å². The summed E-state index contributed by atoms with van der Waals surface area (Å²) in [6.07, 6.45) is 5.00. The highest BCUT2D eigenvalue weighted by molar-refractivity contribution is 5.74. The third kappa shape index (κ3) is 4.30. The van der Waals surface area contributed by atoms with Crippen LogP contribution in [0.3, 0.4) is 0 Å². The number of ether oxygens (including phenoxy) is 1. The van der Waals surface area contributed by atoms with E-state index >= 15 is 0 Å². The van der Waals surface area contributed by atoms with Gasteiger partial charge in [0.05, 0.1) is 19.0 Å². The molecule has 0 spiro atoms. The van der Waals surface area contributed by atoms with Crippen LogP contribution in [0.15, 0.2) is 89.5 Å². The summed E-state index contributed by atoms with van der Waals surface area (Å²) >= 11 is 0. The molecule has 0 aliphatic heterocycles. The lowest BCUT2D eigenvalue weighted by Gasteiger charge is -2.08. The Balaban J connectivity index is 1.77. The molecule has 0 amide bonds. The summed E-state index contributed by atoms with van der Waals surface area (Å²) in [6, 6.07) is 17.0. The summed E-state index contributed by atoms with van der Waals surface area (Å²) in [5.41, 5.74) is 3.34. The summed E-state index contributed by atoms with van der Waals surface area (Å²) in [4.78, 5) is 13.1. The van der Waals surface area contributed by atoms with Crippen molar-refractivity contribution in [2.24, 2.45) is 10.2 Å². The molecule has 0 unspecified atom stereocenters. The molecule has 0 fully saturated rings. The molecular formula is C22H16FN5O. The van der Waals surface area contributed by atoms with E-state index in [4.69, 9.17) is 9.72 Å². The van der Waals surface area contributed by atoms with Gasteiger partial charge in [-0.25, -0.2) is 14.4 Å². The van der Waals surface area contributed by atoms with Gasteiger partial charge in [0.2, 0.25) is 0 Å². The zero-order valence-electron chi connectivity index (χ0n) is 15.5. The molecule has 0 bridgehead atoms. The minimum atomic E-state index is -0.326. The standard InChI is InChI=1S/C22H16FN5O/c1-29-19-8-2-15(3-9-19)21-20(28-27-18-6-4-17(23)5-7-18)14-25-22(26-21)16-10-12-24-13-11-16/h2-14H,1H3. The Labute approximate surface area is 166 Å². The molecule has 2 aromatic carbocycles. The van der Waals surface area contributed by atoms with E-state index in [1.807, 2.05) is 36.4 Å². The van der Waals surface area contributed by atoms with Gasteiger partial charge in [0.1, 0.15) is 22.9 Å². The van der Waals surface area contributed by atoms with Gasteiger partial charge in [-0.05, 0) is 60.7 Å². The molecule has 0 aliphatic carbocycles. The summed E-state index contributed by atoms with van der Waals surface area (Å²) < 4.78 is 18.3. The number of pyridine rings is 1. The first-order valence-electron chi connectivity index (χ1n) is 8.82. The number of rotatable bonds is 5. The first kappa shape index (κ1) is 18.4. The lowest BCUT2D eigenvalue weighted by atomic mass is 10.1. The Bertz CT molecular complexity index is 1130. The fourth-order valence-corrected chi connectivity index (χ4v) is 2.67. The molecule has 29 heavy (non-hydrogen) atoms. The molecule has 2 heterocycles. The molecule has 4 aromatic rings. The molecule has 0 atom stereocenters. The van der Waals surface area contributed by atoms with Gasteiger partial charge >= 0.3 is 0 Å². The SMILES string of the molecule is COc1ccc(-c2nc(-c3ccncc3)ncc2N=Nc2ccc(F)cc2)cc1. The zero-order chi connectivity index (χ0) is 20.1. The second-order valence-corrected chi connectivity index (χ2v) is 6.07. The molecule has 0 radical (unpaired) electrons. The maximum absolute atomic E-state index is 13.1. The number of azo groups is 1. The summed E-state index contributed by atoms with van der Waals surface area (Å²) in [5, 5.41) is 8.48. The first-order valence-corrected chi connectivity index (χ1v) is 8.82. The monoisotopic (exact) mass is 385 g/mol. The van der Waals surface area contributed by atoms with Gasteiger partial charge in [0.15, 0.2) is 5.82 Å². The van der Waals surface area contributed by atoms with Gasteiger partial charge in [-0.3, -0.25) is 4.98 Å². The topological polar surface area (TPSA) is 72.6 Å². The lowest BCUT2D eigenvalue weighted by molar-refractivity contribution is 0.415. The number of nitrogens with zero attached hydrogens (tertiary/aromatic N) is 5. The number of halogens is 1. The Kier molecular flexibility index (Phi) is 5.29. The van der Waals surface area contributed by atoms with Crippen molar-refractivity contribution in [3.8, 4) is 28.4 Å². The fourth-order valence-electron chi connectivity index (χ4n) is 2.67. The minimum Gasteiger partial charge on any atom is -0.497 e. The van der Waals surface area contributed by atoms with E-state index in [0.717, 1.165) is 16.9 Å². The molecule has 0 saturated carbocycles. The normalized spacial score (nSPS) is 11.0. The second-order valence-electron chi connectivity index (χ2n) is 6.07. The smallest absolute Gasteiger partial charge is 0.160 e. The van der Waals surface area contributed by atoms with E-state index in [1.165, 1.54) is 12.1 Å². The van der Waals surface area contributed by atoms with E-state index in [9.17, 15) is 4.39 Å². The van der Waals surface area contributed by atoms with Crippen LogP contribution >= 0.6 is 0 Å². The van der Waals surface area contributed by atoms with Crippen molar-refractivity contribution in [2.45, 2.75) is 0 Å². The van der Waals surface area contributed by atoms with Crippen molar-refractivity contribution in [3.05, 3.63) is 85.1 Å². The van der Waals surface area contributed by atoms with Crippen LogP contribution in [0.4, 0.5) is 15.8 Å². The third-order valence-corrected chi connectivity index (χ3v) is 4.17. The quantitative estimate of drug-likeness (QED) is 0.409. The molecule has 0 N–H and O–H groups in total. The zero-order valence-corrected chi connectivity index (χ0v) is 15.5. The van der Waals surface area contributed by atoms with Gasteiger partial charge in [-0.2, -0.15) is 5.11 Å². The van der Waals surface area contributed by atoms with Gasteiger partial charge in [-0.15, -0.1) is 5.11 Å². The lowest BCUT2D eigenvalue weighted by Crippen LogP contribution is -1.93. The maximum atomic E-state index is 13.1. The number of aromatic nitrogens is 3. The maximum Gasteiger partial charge on any atom is 0.160 e. The number of methoxy groups -OCH3 is 1. The second kappa shape index (κ2) is 8.35. The Morgan fingerprint density at radius 1 is 0.828 bits per heavy atom. The fraction of sp³-hybridized carbons (Fsp3) is 0.0455. The van der Waals surface area contributed by atoms with E-state index in [0.29, 0.717) is 22.9 Å². The molecule has 6 nitrogen and oxygen atoms in total. The molecule has 4 rings (SSSR count). The van der Waals surface area contributed by atoms with Crippen LogP contribution < -0.4 is 4.74 Å². The van der Waals surface area contributed by atoms with Crippen molar-refractivity contribution >= 4 is 11.4 Å². The highest BCUT2D eigenvalue weighted by Gasteiger charge is 2.11. The van der Waals surface area contributed by atoms with Crippen LogP contribution in [0.25, 0.3) is 22.6 Å². The molecular weight excluding hydrogens is 369 g/mol. The third-order valence-electron chi connectivity index (χ3n) is 4.17. The molecule has 7 heteroatoms. The van der Waals surface area contributed by atoms with E-state index < -0.39 is 0 Å². The van der Waals surface area contributed by atoms with Crippen molar-refractivity contribution in [1.29, 1.82) is 0 Å². The number of benzene rings is 2. The van der Waals surface area contributed by atoms with Crippen LogP contribution in [-0.2, 0) is 0 Å². The van der Waals surface area contributed by atoms with E-state index in [2.05, 4.69) is 20.2 Å². The van der Waals surface area contributed by atoms with Gasteiger partial charge in [0.25, 0.3) is 0 Å². The summed E-state index contributed by atoms with van der Waals surface area (Å²) in [5.74, 6) is 0.971. The van der Waals surface area contributed by atoms with Crippen molar-refractivity contribution in [1.82, 2.24) is 15.0 Å². The molecule has 142 valence electrons. The first-order chi connectivity index (χ1) is 14.2. The van der Waals surface area contributed by atoms with Gasteiger partial charge < -0.3 is 4.74 Å². The minimum absolute atomic E-state index is 0.326. The average molecular weight is 385 g/mol. The van der Waals surface area contributed by atoms with Crippen LogP contribution in [0, 0.1) is 5.82 Å². The van der Waals surface area contributed by atoms with Crippen molar-refractivity contribution in [3.63, 3.8) is 0 Å². The summed E-state index contributed by atoms with van der Waals surface area (Å²) in [7, 11) is 1.61. The molecule has 0 saturated heterocycles. The average Bonchev–Trinajstić information content (AvgIpc) is 2.79. The Morgan fingerprint density at radius 2 is 1.55 bits per heavy atom. The largest absolute Gasteiger partial charge is 0.497 e. The number of hydrogen-bond acceptors (Lipinski definition) is 6. The van der Waals surface area contributed by atoms with E-state index in [-0.39, 0.29) is 5.82 Å². The molecule has 2 aromatic heterocycles. The van der Waals surface area contributed by atoms with Crippen LogP contribution in [-0.4, -0.2) is 22.1 Å². The van der Waals surface area contributed by atoms with Crippen LogP contribution in [0.1, 0.15) is 0 Å². The van der Waals surface area contributed by atoms with Crippen molar-refractivity contribution < 1.29 is 9.13 Å². The summed E-state index contributed by atoms with van der Waals surface area (Å²) in [6.45, 7) is 0. The number of hydrogen-bond donors (Lipinski definition) is 0. The van der Waals surface area contributed by atoms with E-state index in [1.54, 1.807) is 37.8 Å². The highest BCUT2D eigenvalue weighted by atomic mass is 19.1. The van der Waals surface area contributed by atoms with Gasteiger partial charge in [0, 0.05) is 23.5 Å². The highest BCUT2D eigenvalue weighted by Crippen LogP contribution is 2.32. The Morgan fingerprint density at radius 3 is 2.24 bits per heavy atom. The van der Waals surface area contributed by atoms with Crippen molar-refractivity contribution in [2.75, 3.05) is 7.11 Å². The predicted octanol–water partition coefficient (Wildman–Crippen LogP) is 5.77. The van der Waals surface area contributed by atoms with Crippen LogP contribution in [0.2, 0.25) is 0 Å². The Hall–Kier alpha value is -4.00. The predicted molar refractivity (Wildman–Crippen MR) is 108 cm³/mol. The molecule has 0 aliphatic rings. The van der Waals surface area contributed by atoms with Crippen LogP contribution in [0.5, 0.6) is 5.75 Å².